The fourth-order valence-corrected chi connectivity index (χ4v) is 0.289. The molecule has 11 heavy (non-hydrogen) atoms. The van der Waals surface area contributed by atoms with Gasteiger partial charge >= 0.3 is 16.8 Å². The van der Waals surface area contributed by atoms with Gasteiger partial charge in [-0.05, 0) is 0 Å². The molecular formula is C8H18CoO2. The third-order valence-corrected chi connectivity index (χ3v) is 0.996. The summed E-state index contributed by atoms with van der Waals surface area (Å²) >= 11 is 0. The van der Waals surface area contributed by atoms with Crippen molar-refractivity contribution in [1.82, 2.24) is 0 Å². The monoisotopic (exact) mass is 205 g/mol. The first-order chi connectivity index (χ1) is 4.83. The SMILES string of the molecule is CCCC[O-].CCCC[O-].[Co+2]. The molecule has 3 heteroatoms. The molecule has 0 amide bonds. The molecule has 0 heterocycles. The Morgan fingerprint density at radius 3 is 1.09 bits per heavy atom. The summed E-state index contributed by atoms with van der Waals surface area (Å²) in [7, 11) is 0. The van der Waals surface area contributed by atoms with Gasteiger partial charge in [0.05, 0.1) is 0 Å². The molecule has 0 aromatic carbocycles. The molecule has 0 aromatic heterocycles. The van der Waals surface area contributed by atoms with Gasteiger partial charge in [0, 0.05) is 0 Å². The second kappa shape index (κ2) is 22.4. The maximum atomic E-state index is 9.53. The van der Waals surface area contributed by atoms with Crippen LogP contribution >= 0.6 is 0 Å². The molecular weight excluding hydrogens is 187 g/mol. The number of rotatable bonds is 4. The van der Waals surface area contributed by atoms with Crippen LogP contribution in [0.1, 0.15) is 39.5 Å². The van der Waals surface area contributed by atoms with Crippen LogP contribution in [0.25, 0.3) is 0 Å². The van der Waals surface area contributed by atoms with Crippen molar-refractivity contribution in [3.63, 3.8) is 0 Å². The average Bonchev–Trinajstić information content (AvgIpc) is 1.93. The normalized spacial score (nSPS) is 7.64. The smallest absolute Gasteiger partial charge is 0.854 e. The molecule has 1 radical (unpaired) electrons. The zero-order chi connectivity index (χ0) is 8.24. The fourth-order valence-electron chi connectivity index (χ4n) is 0.289. The minimum atomic E-state index is 0. The molecule has 0 atom stereocenters. The Morgan fingerprint density at radius 1 is 0.818 bits per heavy atom. The summed E-state index contributed by atoms with van der Waals surface area (Å²) < 4.78 is 0. The van der Waals surface area contributed by atoms with Gasteiger partial charge in [-0.15, -0.1) is 13.2 Å². The fraction of sp³-hybridized carbons (Fsp3) is 1.00. The summed E-state index contributed by atoms with van der Waals surface area (Å²) in [6.07, 6.45) is 3.73. The van der Waals surface area contributed by atoms with Crippen molar-refractivity contribution in [2.45, 2.75) is 39.5 Å². The first kappa shape index (κ1) is 17.5. The van der Waals surface area contributed by atoms with Crippen LogP contribution in [-0.2, 0) is 16.8 Å². The summed E-state index contributed by atoms with van der Waals surface area (Å²) in [5.41, 5.74) is 0. The minimum absolute atomic E-state index is 0. The molecule has 0 aromatic rings. The number of hydrogen-bond donors (Lipinski definition) is 0. The van der Waals surface area contributed by atoms with Crippen LogP contribution < -0.4 is 10.2 Å². The minimum Gasteiger partial charge on any atom is -0.854 e. The second-order valence-corrected chi connectivity index (χ2v) is 2.12. The molecule has 0 fully saturated rings. The molecule has 71 valence electrons. The Kier molecular flexibility index (Phi) is 35.7. The Morgan fingerprint density at radius 2 is 1.09 bits per heavy atom. The maximum Gasteiger partial charge on any atom is 2.00 e. The van der Waals surface area contributed by atoms with Crippen molar-refractivity contribution < 1.29 is 27.0 Å². The van der Waals surface area contributed by atoms with Crippen molar-refractivity contribution >= 4 is 0 Å². The molecule has 0 bridgehead atoms. The largest absolute Gasteiger partial charge is 2.00 e. The second-order valence-electron chi connectivity index (χ2n) is 2.12. The third kappa shape index (κ3) is 37.8. The predicted octanol–water partition coefficient (Wildman–Crippen LogP) is 0.291. The first-order valence-corrected chi connectivity index (χ1v) is 3.99. The van der Waals surface area contributed by atoms with Crippen molar-refractivity contribution in [3.8, 4) is 0 Å². The summed E-state index contributed by atoms with van der Waals surface area (Å²) in [6.45, 7) is 4.21. The summed E-state index contributed by atoms with van der Waals surface area (Å²) in [6, 6.07) is 0. The molecule has 0 N–H and O–H groups in total. The van der Waals surface area contributed by atoms with Crippen LogP contribution in [0.15, 0.2) is 0 Å². The predicted molar refractivity (Wildman–Crippen MR) is 39.6 cm³/mol. The molecule has 0 aliphatic carbocycles. The van der Waals surface area contributed by atoms with Gasteiger partial charge in [0.2, 0.25) is 0 Å². The molecule has 0 rings (SSSR count). The molecule has 0 aliphatic heterocycles. The topological polar surface area (TPSA) is 46.1 Å². The van der Waals surface area contributed by atoms with Crippen LogP contribution in [0.2, 0.25) is 0 Å². The van der Waals surface area contributed by atoms with Gasteiger partial charge < -0.3 is 10.2 Å². The van der Waals surface area contributed by atoms with Gasteiger partial charge in [0.25, 0.3) is 0 Å². The molecule has 0 unspecified atom stereocenters. The van der Waals surface area contributed by atoms with E-state index in [9.17, 15) is 10.2 Å². The quantitative estimate of drug-likeness (QED) is 0.662. The van der Waals surface area contributed by atoms with E-state index in [2.05, 4.69) is 0 Å². The zero-order valence-electron chi connectivity index (χ0n) is 7.39. The van der Waals surface area contributed by atoms with Crippen LogP contribution in [0.5, 0.6) is 0 Å². The van der Waals surface area contributed by atoms with E-state index in [0.29, 0.717) is 0 Å². The first-order valence-electron chi connectivity index (χ1n) is 3.99. The molecule has 0 aliphatic rings. The van der Waals surface area contributed by atoms with Crippen molar-refractivity contribution in [1.29, 1.82) is 0 Å². The van der Waals surface area contributed by atoms with Gasteiger partial charge in [-0.25, -0.2) is 0 Å². The van der Waals surface area contributed by atoms with E-state index >= 15 is 0 Å². The molecule has 0 saturated heterocycles. The number of hydrogen-bond acceptors (Lipinski definition) is 2. The van der Waals surface area contributed by atoms with E-state index < -0.39 is 0 Å². The van der Waals surface area contributed by atoms with Crippen LogP contribution in [-0.4, -0.2) is 13.2 Å². The Labute approximate surface area is 80.2 Å². The third-order valence-electron chi connectivity index (χ3n) is 0.996. The van der Waals surface area contributed by atoms with Crippen LogP contribution in [0, 0.1) is 0 Å². The average molecular weight is 205 g/mol. The summed E-state index contributed by atoms with van der Waals surface area (Å²) in [4.78, 5) is 0. The standard InChI is InChI=1S/2C4H9O.Co/c2*1-2-3-4-5;/h2*2-4H2,1H3;/q2*-1;+2. The van der Waals surface area contributed by atoms with Gasteiger partial charge in [-0.1, -0.05) is 39.5 Å². The van der Waals surface area contributed by atoms with E-state index in [4.69, 9.17) is 0 Å². The molecule has 2 nitrogen and oxygen atoms in total. The Balaban J connectivity index is -0.000000107. The zero-order valence-corrected chi connectivity index (χ0v) is 8.43. The van der Waals surface area contributed by atoms with Gasteiger partial charge in [-0.3, -0.25) is 0 Å². The van der Waals surface area contributed by atoms with Crippen molar-refractivity contribution in [2.24, 2.45) is 0 Å². The Bertz CT molecular complexity index is 33.1. The van der Waals surface area contributed by atoms with Crippen molar-refractivity contribution in [3.05, 3.63) is 0 Å². The van der Waals surface area contributed by atoms with Crippen molar-refractivity contribution in [2.75, 3.05) is 13.2 Å². The van der Waals surface area contributed by atoms with Crippen LogP contribution in [0.3, 0.4) is 0 Å². The summed E-state index contributed by atoms with van der Waals surface area (Å²) in [5, 5.41) is 19.1. The maximum absolute atomic E-state index is 9.53. The van der Waals surface area contributed by atoms with E-state index in [-0.39, 0.29) is 30.0 Å². The Hall–Kier alpha value is 0.426. The molecule has 0 spiro atoms. The van der Waals surface area contributed by atoms with E-state index in [0.717, 1.165) is 25.7 Å². The van der Waals surface area contributed by atoms with E-state index in [1.54, 1.807) is 0 Å². The molecule has 0 saturated carbocycles. The van der Waals surface area contributed by atoms with Gasteiger partial charge in [-0.2, -0.15) is 0 Å². The van der Waals surface area contributed by atoms with Crippen LogP contribution in [0.4, 0.5) is 0 Å². The van der Waals surface area contributed by atoms with Gasteiger partial charge in [0.1, 0.15) is 0 Å². The van der Waals surface area contributed by atoms with E-state index in [1.807, 2.05) is 13.8 Å². The number of unbranched alkanes of at least 4 members (excludes halogenated alkanes) is 2. The van der Waals surface area contributed by atoms with Gasteiger partial charge in [0.15, 0.2) is 0 Å². The summed E-state index contributed by atoms with van der Waals surface area (Å²) in [5.74, 6) is 0. The van der Waals surface area contributed by atoms with E-state index in [1.165, 1.54) is 0 Å².